The summed E-state index contributed by atoms with van der Waals surface area (Å²) in [5.41, 5.74) is 1.06. The molecule has 0 heterocycles. The predicted octanol–water partition coefficient (Wildman–Crippen LogP) is 0.750. The lowest BCUT2D eigenvalue weighted by Gasteiger charge is -2.24. The van der Waals surface area contributed by atoms with Crippen LogP contribution in [0.15, 0.2) is 30.3 Å². The lowest BCUT2D eigenvalue weighted by atomic mass is 9.75. The molecule has 0 aliphatic heterocycles. The van der Waals surface area contributed by atoms with Crippen LogP contribution in [0.25, 0.3) is 0 Å². The van der Waals surface area contributed by atoms with Gasteiger partial charge in [-0.05, 0) is 30.9 Å². The Morgan fingerprint density at radius 2 is 1.86 bits per heavy atom. The summed E-state index contributed by atoms with van der Waals surface area (Å²) in [5, 5.41) is 24.8. The number of likely N-dealkylation sites (N-methyl/N-ethyl adjacent to an activating group) is 1. The number of nitrogens with one attached hydrogen (secondary N) is 2. The van der Waals surface area contributed by atoms with Crippen molar-refractivity contribution >= 4 is 13.0 Å². The Bertz CT molecular complexity index is 440. The zero-order valence-electron chi connectivity index (χ0n) is 13.6. The fourth-order valence-electron chi connectivity index (χ4n) is 2.40. The molecule has 0 spiro atoms. The molecule has 0 fully saturated rings. The van der Waals surface area contributed by atoms with Gasteiger partial charge in [0, 0.05) is 0 Å². The predicted molar refractivity (Wildman–Crippen MR) is 89.2 cm³/mol. The van der Waals surface area contributed by atoms with E-state index in [0.717, 1.165) is 5.56 Å². The molecular formula is C16H27BN2O3. The minimum absolute atomic E-state index is 0.204. The first-order valence-electron chi connectivity index (χ1n) is 7.87. The average Bonchev–Trinajstić information content (AvgIpc) is 2.46. The maximum atomic E-state index is 12.4. The van der Waals surface area contributed by atoms with Crippen molar-refractivity contribution in [3.05, 3.63) is 35.9 Å². The van der Waals surface area contributed by atoms with E-state index in [2.05, 4.69) is 10.6 Å². The SMILES string of the molecule is CCN[C@@H](Cc1ccccc1)C(=O)N[C@@H](CC(C)C)B(O)O. The van der Waals surface area contributed by atoms with Crippen molar-refractivity contribution in [3.8, 4) is 0 Å². The fraction of sp³-hybridized carbons (Fsp3) is 0.562. The van der Waals surface area contributed by atoms with E-state index >= 15 is 0 Å². The summed E-state index contributed by atoms with van der Waals surface area (Å²) >= 11 is 0. The Labute approximate surface area is 133 Å². The Balaban J connectivity index is 2.71. The van der Waals surface area contributed by atoms with Crippen LogP contribution in [0.4, 0.5) is 0 Å². The molecule has 1 amide bonds. The van der Waals surface area contributed by atoms with Gasteiger partial charge in [-0.2, -0.15) is 0 Å². The zero-order chi connectivity index (χ0) is 16.5. The number of hydrogen-bond acceptors (Lipinski definition) is 4. The van der Waals surface area contributed by atoms with Crippen molar-refractivity contribution < 1.29 is 14.8 Å². The summed E-state index contributed by atoms with van der Waals surface area (Å²) in [4.78, 5) is 12.4. The van der Waals surface area contributed by atoms with Crippen molar-refractivity contribution in [2.75, 3.05) is 6.54 Å². The number of carbonyl (C=O) groups is 1. The highest BCUT2D eigenvalue weighted by atomic mass is 16.4. The average molecular weight is 306 g/mol. The third-order valence-corrected chi connectivity index (χ3v) is 3.46. The first kappa shape index (κ1) is 18.7. The van der Waals surface area contributed by atoms with Crippen molar-refractivity contribution in [3.63, 3.8) is 0 Å². The van der Waals surface area contributed by atoms with E-state index in [1.165, 1.54) is 0 Å². The van der Waals surface area contributed by atoms with Gasteiger partial charge in [0.25, 0.3) is 0 Å². The minimum Gasteiger partial charge on any atom is -0.426 e. The minimum atomic E-state index is -1.55. The van der Waals surface area contributed by atoms with Crippen LogP contribution in [-0.4, -0.2) is 41.6 Å². The van der Waals surface area contributed by atoms with E-state index in [1.807, 2.05) is 51.1 Å². The smallest absolute Gasteiger partial charge is 0.426 e. The van der Waals surface area contributed by atoms with Crippen LogP contribution in [0, 0.1) is 5.92 Å². The molecule has 6 heteroatoms. The molecule has 0 aliphatic rings. The molecule has 22 heavy (non-hydrogen) atoms. The molecule has 4 N–H and O–H groups in total. The van der Waals surface area contributed by atoms with Gasteiger partial charge in [-0.15, -0.1) is 0 Å². The van der Waals surface area contributed by atoms with Gasteiger partial charge in [0.15, 0.2) is 0 Å². The molecule has 5 nitrogen and oxygen atoms in total. The summed E-state index contributed by atoms with van der Waals surface area (Å²) in [5.74, 6) is -0.590. The second kappa shape index (κ2) is 9.61. The van der Waals surface area contributed by atoms with Crippen molar-refractivity contribution in [2.45, 2.75) is 45.6 Å². The molecule has 0 bridgehead atoms. The molecule has 1 rings (SSSR count). The molecule has 0 radical (unpaired) electrons. The largest absolute Gasteiger partial charge is 0.475 e. The van der Waals surface area contributed by atoms with Crippen LogP contribution in [0.1, 0.15) is 32.8 Å². The Kier molecular flexibility index (Phi) is 8.16. The zero-order valence-corrected chi connectivity index (χ0v) is 13.6. The van der Waals surface area contributed by atoms with Gasteiger partial charge in [-0.25, -0.2) is 0 Å². The maximum Gasteiger partial charge on any atom is 0.475 e. The first-order chi connectivity index (χ1) is 10.4. The van der Waals surface area contributed by atoms with Gasteiger partial charge in [-0.1, -0.05) is 51.1 Å². The summed E-state index contributed by atoms with van der Waals surface area (Å²) in [6, 6.07) is 9.38. The third-order valence-electron chi connectivity index (χ3n) is 3.46. The Morgan fingerprint density at radius 1 is 1.23 bits per heavy atom. The van der Waals surface area contributed by atoms with Crippen LogP contribution in [0.5, 0.6) is 0 Å². The molecular weight excluding hydrogens is 279 g/mol. The topological polar surface area (TPSA) is 81.6 Å². The normalized spacial score (nSPS) is 13.7. The number of carbonyl (C=O) groups excluding carboxylic acids is 1. The van der Waals surface area contributed by atoms with Crippen molar-refractivity contribution in [1.82, 2.24) is 10.6 Å². The van der Waals surface area contributed by atoms with E-state index in [-0.39, 0.29) is 17.9 Å². The van der Waals surface area contributed by atoms with Gasteiger partial charge in [0.05, 0.1) is 12.0 Å². The lowest BCUT2D eigenvalue weighted by molar-refractivity contribution is -0.123. The molecule has 0 aliphatic carbocycles. The molecule has 122 valence electrons. The van der Waals surface area contributed by atoms with Crippen LogP contribution in [0.2, 0.25) is 0 Å². The Hall–Kier alpha value is -1.37. The highest BCUT2D eigenvalue weighted by molar-refractivity contribution is 6.43. The molecule has 0 aromatic heterocycles. The number of rotatable bonds is 9. The summed E-state index contributed by atoms with van der Waals surface area (Å²) in [7, 11) is -1.55. The second-order valence-corrected chi connectivity index (χ2v) is 5.96. The van der Waals surface area contributed by atoms with E-state index < -0.39 is 13.1 Å². The van der Waals surface area contributed by atoms with E-state index in [0.29, 0.717) is 19.4 Å². The summed E-state index contributed by atoms with van der Waals surface area (Å²) in [6.07, 6.45) is 1.09. The van der Waals surface area contributed by atoms with Crippen LogP contribution < -0.4 is 10.6 Å². The summed E-state index contributed by atoms with van der Waals surface area (Å²) in [6.45, 7) is 6.57. The van der Waals surface area contributed by atoms with Crippen molar-refractivity contribution in [2.24, 2.45) is 5.92 Å². The molecule has 1 aromatic rings. The molecule has 0 saturated heterocycles. The first-order valence-corrected chi connectivity index (χ1v) is 7.87. The lowest BCUT2D eigenvalue weighted by Crippen LogP contribution is -2.54. The molecule has 1 aromatic carbocycles. The van der Waals surface area contributed by atoms with Gasteiger partial charge in [0.2, 0.25) is 5.91 Å². The quantitative estimate of drug-likeness (QED) is 0.508. The Morgan fingerprint density at radius 3 is 2.36 bits per heavy atom. The highest BCUT2D eigenvalue weighted by Gasteiger charge is 2.28. The van der Waals surface area contributed by atoms with E-state index in [1.54, 1.807) is 0 Å². The second-order valence-electron chi connectivity index (χ2n) is 5.96. The molecule has 0 unspecified atom stereocenters. The fourth-order valence-corrected chi connectivity index (χ4v) is 2.40. The van der Waals surface area contributed by atoms with Gasteiger partial charge in [0.1, 0.15) is 0 Å². The van der Waals surface area contributed by atoms with E-state index in [4.69, 9.17) is 0 Å². The van der Waals surface area contributed by atoms with Crippen molar-refractivity contribution in [1.29, 1.82) is 0 Å². The van der Waals surface area contributed by atoms with Gasteiger partial charge >= 0.3 is 7.12 Å². The standard InChI is InChI=1S/C16H27BN2O3/c1-4-18-14(11-13-8-6-5-7-9-13)16(20)19-15(17(21)22)10-12(2)3/h5-9,12,14-15,18,21-22H,4,10-11H2,1-3H3,(H,19,20)/t14-,15-/m0/s1. The van der Waals surface area contributed by atoms with Crippen LogP contribution in [-0.2, 0) is 11.2 Å². The molecule has 0 saturated carbocycles. The molecule has 2 atom stereocenters. The van der Waals surface area contributed by atoms with E-state index in [9.17, 15) is 14.8 Å². The highest BCUT2D eigenvalue weighted by Crippen LogP contribution is 2.08. The number of hydrogen-bond donors (Lipinski definition) is 4. The number of benzene rings is 1. The third kappa shape index (κ3) is 6.60. The van der Waals surface area contributed by atoms with Gasteiger partial charge in [-0.3, -0.25) is 4.79 Å². The monoisotopic (exact) mass is 306 g/mol. The maximum absolute atomic E-state index is 12.4. The number of amides is 1. The van der Waals surface area contributed by atoms with Gasteiger partial charge < -0.3 is 20.7 Å². The summed E-state index contributed by atoms with van der Waals surface area (Å²) < 4.78 is 0. The van der Waals surface area contributed by atoms with Crippen LogP contribution in [0.3, 0.4) is 0 Å². The van der Waals surface area contributed by atoms with Crippen LogP contribution >= 0.6 is 0 Å².